The first kappa shape index (κ1) is 17.1. The van der Waals surface area contributed by atoms with Crippen molar-refractivity contribution in [2.24, 2.45) is 0 Å². The second kappa shape index (κ2) is 6.66. The van der Waals surface area contributed by atoms with Crippen LogP contribution in [-0.2, 0) is 16.6 Å². The maximum atomic E-state index is 12.3. The highest BCUT2D eigenvalue weighted by molar-refractivity contribution is 7.90. The lowest BCUT2D eigenvalue weighted by Gasteiger charge is -2.10. The minimum atomic E-state index is -3.60. The lowest BCUT2D eigenvalue weighted by molar-refractivity contribution is 0.540. The van der Waals surface area contributed by atoms with Crippen LogP contribution < -0.4 is 15.1 Å². The molecule has 8 heteroatoms. The van der Waals surface area contributed by atoms with E-state index in [2.05, 4.69) is 14.4 Å². The first-order valence-corrected chi connectivity index (χ1v) is 9.05. The molecule has 0 aliphatic heterocycles. The zero-order valence-electron chi connectivity index (χ0n) is 13.7. The van der Waals surface area contributed by atoms with Crippen LogP contribution in [0.2, 0.25) is 0 Å². The van der Waals surface area contributed by atoms with E-state index in [1.807, 2.05) is 19.1 Å². The number of hydrogen-bond acceptors (Lipinski definition) is 5. The minimum Gasteiger partial charge on any atom is -0.403 e. The summed E-state index contributed by atoms with van der Waals surface area (Å²) < 4.78 is 33.1. The van der Waals surface area contributed by atoms with Gasteiger partial charge in [0.05, 0.1) is 5.69 Å². The number of aromatic nitrogens is 1. The predicted octanol–water partition coefficient (Wildman–Crippen LogP) is 1.96. The van der Waals surface area contributed by atoms with Crippen LogP contribution >= 0.6 is 0 Å². The smallest absolute Gasteiger partial charge is 0.341 e. The van der Waals surface area contributed by atoms with Gasteiger partial charge >= 0.3 is 5.63 Å². The van der Waals surface area contributed by atoms with E-state index in [0.29, 0.717) is 23.4 Å². The Morgan fingerprint density at radius 3 is 2.76 bits per heavy atom. The van der Waals surface area contributed by atoms with E-state index in [-0.39, 0.29) is 0 Å². The Morgan fingerprint density at radius 2 is 2.00 bits per heavy atom. The quantitative estimate of drug-likeness (QED) is 0.725. The molecule has 2 aromatic heterocycles. The average molecular weight is 359 g/mol. The average Bonchev–Trinajstić information content (AvgIpc) is 2.58. The van der Waals surface area contributed by atoms with E-state index in [4.69, 9.17) is 4.42 Å². The molecule has 0 unspecified atom stereocenters. The molecule has 0 radical (unpaired) electrons. The van der Waals surface area contributed by atoms with Crippen molar-refractivity contribution in [3.63, 3.8) is 0 Å². The zero-order chi connectivity index (χ0) is 18.0. The summed E-state index contributed by atoms with van der Waals surface area (Å²) in [5.74, 6) is 0. The first-order valence-electron chi connectivity index (χ1n) is 7.57. The highest BCUT2D eigenvalue weighted by atomic mass is 32.2. The summed E-state index contributed by atoms with van der Waals surface area (Å²) in [6, 6.07) is 10.5. The number of rotatable bonds is 5. The molecule has 2 heterocycles. The summed E-state index contributed by atoms with van der Waals surface area (Å²) in [6.07, 6.45) is 1.90. The van der Waals surface area contributed by atoms with Gasteiger partial charge in [-0.2, -0.15) is 8.42 Å². The third-order valence-corrected chi connectivity index (χ3v) is 4.93. The molecule has 0 aliphatic carbocycles. The molecule has 0 fully saturated rings. The van der Waals surface area contributed by atoms with Crippen LogP contribution in [0.15, 0.2) is 51.8 Å². The lowest BCUT2D eigenvalue weighted by Crippen LogP contribution is -2.26. The van der Waals surface area contributed by atoms with Crippen molar-refractivity contribution in [3.8, 4) is 0 Å². The first-order chi connectivity index (χ1) is 11.9. The third kappa shape index (κ3) is 3.70. The molecule has 0 saturated heterocycles. The second-order valence-electron chi connectivity index (χ2n) is 5.54. The van der Waals surface area contributed by atoms with Gasteiger partial charge in [0.1, 0.15) is 0 Å². The molecule has 25 heavy (non-hydrogen) atoms. The fourth-order valence-electron chi connectivity index (χ4n) is 2.58. The SMILES string of the molecule is CNS(=O)(=O)Nc1cccc(Cc2c(C)c3cccnc3oc2=O)c1. The van der Waals surface area contributed by atoms with Gasteiger partial charge in [0.2, 0.25) is 5.71 Å². The molecule has 130 valence electrons. The van der Waals surface area contributed by atoms with Crippen LogP contribution in [0, 0.1) is 6.92 Å². The van der Waals surface area contributed by atoms with E-state index in [0.717, 1.165) is 16.5 Å². The van der Waals surface area contributed by atoms with Crippen LogP contribution in [0.25, 0.3) is 11.1 Å². The Hall–Kier alpha value is -2.71. The van der Waals surface area contributed by atoms with E-state index in [1.54, 1.807) is 30.5 Å². The Bertz CT molecular complexity index is 1090. The van der Waals surface area contributed by atoms with Gasteiger partial charge in [-0.05, 0) is 42.3 Å². The van der Waals surface area contributed by atoms with Gasteiger partial charge in [-0.1, -0.05) is 12.1 Å². The molecule has 1 aromatic carbocycles. The van der Waals surface area contributed by atoms with Crippen molar-refractivity contribution in [3.05, 3.63) is 69.7 Å². The maximum Gasteiger partial charge on any atom is 0.341 e. The summed E-state index contributed by atoms with van der Waals surface area (Å²) >= 11 is 0. The number of fused-ring (bicyclic) bond motifs is 1. The fourth-order valence-corrected chi connectivity index (χ4v) is 3.12. The van der Waals surface area contributed by atoms with Crippen molar-refractivity contribution in [1.82, 2.24) is 9.71 Å². The van der Waals surface area contributed by atoms with Gasteiger partial charge in [-0.25, -0.2) is 14.5 Å². The summed E-state index contributed by atoms with van der Waals surface area (Å²) in [6.45, 7) is 1.85. The number of aryl methyl sites for hydroxylation is 1. The number of hydrogen-bond donors (Lipinski definition) is 2. The van der Waals surface area contributed by atoms with Gasteiger partial charge in [0.15, 0.2) is 0 Å². The van der Waals surface area contributed by atoms with E-state index in [1.165, 1.54) is 7.05 Å². The van der Waals surface area contributed by atoms with Crippen molar-refractivity contribution < 1.29 is 12.8 Å². The van der Waals surface area contributed by atoms with Gasteiger partial charge in [0, 0.05) is 30.6 Å². The minimum absolute atomic E-state index is 0.310. The van der Waals surface area contributed by atoms with Gasteiger partial charge in [-0.15, -0.1) is 0 Å². The Labute approximate surface area is 144 Å². The molecule has 3 rings (SSSR count). The van der Waals surface area contributed by atoms with E-state index >= 15 is 0 Å². The standard InChI is InChI=1S/C17H17N3O4S/c1-11-14-7-4-8-19-16(14)24-17(21)15(11)10-12-5-3-6-13(9-12)20-25(22,23)18-2/h3-9,18,20H,10H2,1-2H3. The molecular formula is C17H17N3O4S. The van der Waals surface area contributed by atoms with Crippen molar-refractivity contribution in [2.45, 2.75) is 13.3 Å². The molecule has 0 bridgehead atoms. The number of pyridine rings is 1. The van der Waals surface area contributed by atoms with E-state index < -0.39 is 15.8 Å². The molecule has 0 aliphatic rings. The molecule has 0 amide bonds. The van der Waals surface area contributed by atoms with Gasteiger partial charge in [0.25, 0.3) is 10.2 Å². The number of nitrogens with zero attached hydrogens (tertiary/aromatic N) is 1. The van der Waals surface area contributed by atoms with Crippen LogP contribution in [0.1, 0.15) is 16.7 Å². The van der Waals surface area contributed by atoms with Gasteiger partial charge in [-0.3, -0.25) is 4.72 Å². The van der Waals surface area contributed by atoms with Crippen molar-refractivity contribution in [1.29, 1.82) is 0 Å². The topological polar surface area (TPSA) is 101 Å². The number of anilines is 1. The Morgan fingerprint density at radius 1 is 1.20 bits per heavy atom. The number of benzene rings is 1. The molecule has 7 nitrogen and oxygen atoms in total. The summed E-state index contributed by atoms with van der Waals surface area (Å²) in [5, 5.41) is 0.782. The van der Waals surface area contributed by atoms with Crippen LogP contribution in [-0.4, -0.2) is 20.4 Å². The fraction of sp³-hybridized carbons (Fsp3) is 0.176. The third-order valence-electron chi connectivity index (χ3n) is 3.89. The van der Waals surface area contributed by atoms with Crippen LogP contribution in [0.4, 0.5) is 5.69 Å². The van der Waals surface area contributed by atoms with Crippen molar-refractivity contribution in [2.75, 3.05) is 11.8 Å². The predicted molar refractivity (Wildman–Crippen MR) is 95.9 cm³/mol. The van der Waals surface area contributed by atoms with Crippen LogP contribution in [0.3, 0.4) is 0 Å². The van der Waals surface area contributed by atoms with Crippen molar-refractivity contribution >= 4 is 27.0 Å². The summed E-state index contributed by atoms with van der Waals surface area (Å²) in [4.78, 5) is 16.4. The van der Waals surface area contributed by atoms with Crippen LogP contribution in [0.5, 0.6) is 0 Å². The highest BCUT2D eigenvalue weighted by Crippen LogP contribution is 2.20. The normalized spacial score (nSPS) is 11.6. The molecular weight excluding hydrogens is 342 g/mol. The van der Waals surface area contributed by atoms with Gasteiger partial charge < -0.3 is 4.42 Å². The molecule has 0 saturated carbocycles. The largest absolute Gasteiger partial charge is 0.403 e. The van der Waals surface area contributed by atoms with E-state index in [9.17, 15) is 13.2 Å². The lowest BCUT2D eigenvalue weighted by atomic mass is 10.0. The Balaban J connectivity index is 1.98. The molecule has 0 atom stereocenters. The highest BCUT2D eigenvalue weighted by Gasteiger charge is 2.13. The molecule has 2 N–H and O–H groups in total. The monoisotopic (exact) mass is 359 g/mol. The summed E-state index contributed by atoms with van der Waals surface area (Å²) in [5.41, 5.74) is 2.40. The number of nitrogens with one attached hydrogen (secondary N) is 2. The second-order valence-corrected chi connectivity index (χ2v) is 7.16. The zero-order valence-corrected chi connectivity index (χ0v) is 14.6. The Kier molecular flexibility index (Phi) is 4.56. The molecule has 3 aromatic rings. The maximum absolute atomic E-state index is 12.3. The molecule has 0 spiro atoms. The summed E-state index contributed by atoms with van der Waals surface area (Å²) in [7, 11) is -2.27.